The summed E-state index contributed by atoms with van der Waals surface area (Å²) in [7, 11) is 0. The number of aliphatic hydroxyl groups excluding tert-OH is 1. The number of amides is 1. The Kier molecular flexibility index (Phi) is 9.96. The zero-order valence-corrected chi connectivity index (χ0v) is 20.8. The van der Waals surface area contributed by atoms with Crippen LogP contribution < -0.4 is 10.5 Å². The van der Waals surface area contributed by atoms with Gasteiger partial charge in [-0.1, -0.05) is 38.1 Å². The molecule has 0 aromatic heterocycles. The molecule has 3 rings (SSSR count). The zero-order chi connectivity index (χ0) is 26.1. The van der Waals surface area contributed by atoms with Crippen LogP contribution in [0.15, 0.2) is 66.7 Å². The molecule has 3 N–H and O–H groups in total. The fourth-order valence-electron chi connectivity index (χ4n) is 3.98. The van der Waals surface area contributed by atoms with Gasteiger partial charge < -0.3 is 20.5 Å². The number of nitrogens with two attached hydrogens (primary N) is 1. The molecule has 0 unspecified atom stereocenters. The van der Waals surface area contributed by atoms with E-state index in [9.17, 15) is 18.7 Å². The molecule has 0 fully saturated rings. The van der Waals surface area contributed by atoms with Crippen LogP contribution in [0, 0.1) is 11.6 Å². The maximum atomic E-state index is 13.6. The van der Waals surface area contributed by atoms with Crippen LogP contribution in [0.1, 0.15) is 47.3 Å². The highest BCUT2D eigenvalue weighted by molar-refractivity contribution is 5.94. The van der Waals surface area contributed by atoms with Crippen LogP contribution in [0.25, 0.3) is 0 Å². The summed E-state index contributed by atoms with van der Waals surface area (Å²) < 4.78 is 32.8. The number of rotatable bonds is 12. The maximum absolute atomic E-state index is 13.6. The van der Waals surface area contributed by atoms with Crippen molar-refractivity contribution >= 4 is 5.91 Å². The van der Waals surface area contributed by atoms with Crippen LogP contribution in [-0.4, -0.2) is 41.2 Å². The molecular formula is C29H34F2N2O3. The Bertz CT molecular complexity index is 1120. The Morgan fingerprint density at radius 1 is 0.972 bits per heavy atom. The molecule has 0 spiro atoms. The summed E-state index contributed by atoms with van der Waals surface area (Å²) in [6.07, 6.45) is 0.693. The van der Waals surface area contributed by atoms with Crippen LogP contribution in [-0.2, 0) is 19.4 Å². The van der Waals surface area contributed by atoms with Gasteiger partial charge >= 0.3 is 0 Å². The van der Waals surface area contributed by atoms with Crippen molar-refractivity contribution in [1.29, 1.82) is 0 Å². The van der Waals surface area contributed by atoms with E-state index in [0.29, 0.717) is 23.5 Å². The minimum absolute atomic E-state index is 0.0394. The molecule has 3 aromatic carbocycles. The Morgan fingerprint density at radius 3 is 2.28 bits per heavy atom. The Balaban J connectivity index is 1.78. The summed E-state index contributed by atoms with van der Waals surface area (Å²) in [5.74, 6) is -0.988. The molecule has 7 heteroatoms. The van der Waals surface area contributed by atoms with E-state index in [2.05, 4.69) is 6.92 Å². The first-order chi connectivity index (χ1) is 17.3. The van der Waals surface area contributed by atoms with Crippen molar-refractivity contribution in [1.82, 2.24) is 4.90 Å². The predicted molar refractivity (Wildman–Crippen MR) is 137 cm³/mol. The molecule has 36 heavy (non-hydrogen) atoms. The number of hydrogen-bond donors (Lipinski definition) is 2. The van der Waals surface area contributed by atoms with Gasteiger partial charge in [-0.05, 0) is 72.4 Å². The third-order valence-corrected chi connectivity index (χ3v) is 5.93. The van der Waals surface area contributed by atoms with Gasteiger partial charge in [-0.15, -0.1) is 0 Å². The smallest absolute Gasteiger partial charge is 0.254 e. The van der Waals surface area contributed by atoms with Gasteiger partial charge in [0.1, 0.15) is 17.4 Å². The lowest BCUT2D eigenvalue weighted by Gasteiger charge is -2.28. The number of hydrogen-bond acceptors (Lipinski definition) is 4. The van der Waals surface area contributed by atoms with E-state index in [1.54, 1.807) is 29.2 Å². The van der Waals surface area contributed by atoms with Crippen molar-refractivity contribution < 1.29 is 23.4 Å². The SMILES string of the molecule is CCCOc1ccc(C(=O)N(Cc2cccc(CC)c2)C[C@@H](O)[C@@H](N)Cc2cc(F)cc(F)c2)cc1. The number of nitrogens with zero attached hydrogens (tertiary/aromatic N) is 1. The molecule has 0 aliphatic carbocycles. The van der Waals surface area contributed by atoms with Gasteiger partial charge in [0.25, 0.3) is 5.91 Å². The molecule has 0 heterocycles. The quantitative estimate of drug-likeness (QED) is 0.374. The van der Waals surface area contributed by atoms with Crippen LogP contribution in [0.2, 0.25) is 0 Å². The van der Waals surface area contributed by atoms with Gasteiger partial charge in [0.2, 0.25) is 0 Å². The van der Waals surface area contributed by atoms with Crippen molar-refractivity contribution in [2.45, 2.75) is 51.8 Å². The molecule has 0 aliphatic rings. The molecular weight excluding hydrogens is 462 g/mol. The average Bonchev–Trinajstić information content (AvgIpc) is 2.86. The fraction of sp³-hybridized carbons (Fsp3) is 0.345. The first kappa shape index (κ1) is 27.3. The highest BCUT2D eigenvalue weighted by Gasteiger charge is 2.24. The molecule has 1 amide bonds. The lowest BCUT2D eigenvalue weighted by atomic mass is 10.0. The van der Waals surface area contributed by atoms with Gasteiger partial charge in [0.15, 0.2) is 0 Å². The second-order valence-electron chi connectivity index (χ2n) is 8.95. The average molecular weight is 497 g/mol. The predicted octanol–water partition coefficient (Wildman–Crippen LogP) is 4.89. The molecule has 0 saturated carbocycles. The van der Waals surface area contributed by atoms with Crippen molar-refractivity contribution in [3.63, 3.8) is 0 Å². The molecule has 2 atom stereocenters. The third kappa shape index (κ3) is 7.86. The van der Waals surface area contributed by atoms with Crippen LogP contribution >= 0.6 is 0 Å². The molecule has 3 aromatic rings. The summed E-state index contributed by atoms with van der Waals surface area (Å²) in [5.41, 5.74) is 9.06. The topological polar surface area (TPSA) is 75.8 Å². The van der Waals surface area contributed by atoms with Crippen LogP contribution in [0.3, 0.4) is 0 Å². The van der Waals surface area contributed by atoms with Gasteiger partial charge in [0.05, 0.1) is 12.7 Å². The highest BCUT2D eigenvalue weighted by Crippen LogP contribution is 2.18. The van der Waals surface area contributed by atoms with Crippen molar-refractivity contribution in [2.24, 2.45) is 5.73 Å². The highest BCUT2D eigenvalue weighted by atomic mass is 19.1. The Labute approximate surface area is 211 Å². The second kappa shape index (κ2) is 13.1. The van der Waals surface area contributed by atoms with Crippen LogP contribution in [0.4, 0.5) is 8.78 Å². The van der Waals surface area contributed by atoms with Gasteiger partial charge in [-0.3, -0.25) is 4.79 Å². The van der Waals surface area contributed by atoms with E-state index in [-0.39, 0.29) is 25.4 Å². The van der Waals surface area contributed by atoms with Gasteiger partial charge in [-0.2, -0.15) is 0 Å². The number of ether oxygens (including phenoxy) is 1. The zero-order valence-electron chi connectivity index (χ0n) is 20.8. The Hall–Kier alpha value is -3.29. The molecule has 0 aliphatic heterocycles. The lowest BCUT2D eigenvalue weighted by molar-refractivity contribution is 0.0554. The minimum Gasteiger partial charge on any atom is -0.494 e. The maximum Gasteiger partial charge on any atom is 0.254 e. The third-order valence-electron chi connectivity index (χ3n) is 5.93. The summed E-state index contributed by atoms with van der Waals surface area (Å²) in [4.78, 5) is 15.0. The van der Waals surface area contributed by atoms with E-state index >= 15 is 0 Å². The van der Waals surface area contributed by atoms with E-state index in [1.165, 1.54) is 12.1 Å². The normalized spacial score (nSPS) is 12.7. The molecule has 0 radical (unpaired) electrons. The van der Waals surface area contributed by atoms with E-state index in [4.69, 9.17) is 10.5 Å². The largest absolute Gasteiger partial charge is 0.494 e. The summed E-state index contributed by atoms with van der Waals surface area (Å²) >= 11 is 0. The lowest BCUT2D eigenvalue weighted by Crippen LogP contribution is -2.46. The summed E-state index contributed by atoms with van der Waals surface area (Å²) in [6, 6.07) is 17.2. The van der Waals surface area contributed by atoms with E-state index in [0.717, 1.165) is 30.0 Å². The van der Waals surface area contributed by atoms with Crippen molar-refractivity contribution in [2.75, 3.05) is 13.2 Å². The summed E-state index contributed by atoms with van der Waals surface area (Å²) in [5, 5.41) is 10.9. The standard InChI is InChI=1S/C29H34F2N2O3/c1-3-12-36-26-10-8-23(9-11-26)29(35)33(18-21-7-5-6-20(4-2)13-21)19-28(34)27(32)16-22-14-24(30)17-25(31)15-22/h5-11,13-15,17,27-28,34H,3-4,12,16,18-19,32H2,1-2H3/t27-,28+/m0/s1. The Morgan fingerprint density at radius 2 is 1.64 bits per heavy atom. The summed E-state index contributed by atoms with van der Waals surface area (Å²) in [6.45, 7) is 4.90. The molecule has 0 saturated heterocycles. The van der Waals surface area contributed by atoms with Gasteiger partial charge in [0, 0.05) is 30.8 Å². The molecule has 192 valence electrons. The van der Waals surface area contributed by atoms with E-state index < -0.39 is 23.8 Å². The van der Waals surface area contributed by atoms with Crippen molar-refractivity contribution in [3.05, 3.63) is 101 Å². The van der Waals surface area contributed by atoms with Gasteiger partial charge in [-0.25, -0.2) is 8.78 Å². The number of halogens is 2. The van der Waals surface area contributed by atoms with E-state index in [1.807, 2.05) is 31.2 Å². The number of aryl methyl sites for hydroxylation is 1. The number of carbonyl (C=O) groups is 1. The van der Waals surface area contributed by atoms with Crippen molar-refractivity contribution in [3.8, 4) is 5.75 Å². The number of aliphatic hydroxyl groups is 1. The molecule has 5 nitrogen and oxygen atoms in total. The second-order valence-corrected chi connectivity index (χ2v) is 8.95. The number of benzene rings is 3. The minimum atomic E-state index is -1.11. The molecule has 0 bridgehead atoms. The fourth-order valence-corrected chi connectivity index (χ4v) is 3.98. The number of carbonyl (C=O) groups excluding carboxylic acids is 1. The first-order valence-electron chi connectivity index (χ1n) is 12.3. The first-order valence-corrected chi connectivity index (χ1v) is 12.3. The van der Waals surface area contributed by atoms with Crippen LogP contribution in [0.5, 0.6) is 5.75 Å². The monoisotopic (exact) mass is 496 g/mol.